The van der Waals surface area contributed by atoms with Crippen molar-refractivity contribution in [3.8, 4) is 11.3 Å². The molecule has 0 spiro atoms. The third-order valence-electron chi connectivity index (χ3n) is 2.86. The number of nitrogens with zero attached hydrogens (tertiary/aromatic N) is 4. The highest BCUT2D eigenvalue weighted by molar-refractivity contribution is 5.60. The van der Waals surface area contributed by atoms with E-state index in [0.717, 1.165) is 15.6 Å². The number of rotatable bonds is 1. The molecule has 4 nitrogen and oxygen atoms in total. The summed E-state index contributed by atoms with van der Waals surface area (Å²) in [5.74, 6) is -1.12. The van der Waals surface area contributed by atoms with E-state index in [2.05, 4.69) is 15.3 Å². The third-order valence-corrected chi connectivity index (χ3v) is 2.86. The van der Waals surface area contributed by atoms with Crippen molar-refractivity contribution in [2.24, 2.45) is 0 Å². The first-order chi connectivity index (χ1) is 9.45. The number of aromatic nitrogens is 4. The van der Waals surface area contributed by atoms with E-state index in [4.69, 9.17) is 0 Å². The molecular weight excluding hydrogens is 269 g/mol. The highest BCUT2D eigenvalue weighted by Crippen LogP contribution is 2.28. The lowest BCUT2D eigenvalue weighted by Gasteiger charge is -2.05. The van der Waals surface area contributed by atoms with Gasteiger partial charge in [-0.2, -0.15) is 22.8 Å². The van der Waals surface area contributed by atoms with E-state index in [1.165, 1.54) is 6.07 Å². The Labute approximate surface area is 111 Å². The fourth-order valence-corrected chi connectivity index (χ4v) is 1.84. The molecule has 3 aromatic rings. The van der Waals surface area contributed by atoms with Crippen molar-refractivity contribution in [3.63, 3.8) is 0 Å². The Kier molecular flexibility index (Phi) is 2.70. The number of hydrogen-bond acceptors (Lipinski definition) is 3. The molecule has 0 saturated heterocycles. The molecule has 102 valence electrons. The Morgan fingerprint density at radius 2 is 1.65 bits per heavy atom. The van der Waals surface area contributed by atoms with Crippen LogP contribution in [0.2, 0.25) is 0 Å². The fraction of sp³-hybridized carbons (Fsp3) is 0.154. The van der Waals surface area contributed by atoms with Crippen molar-refractivity contribution in [2.75, 3.05) is 0 Å². The van der Waals surface area contributed by atoms with Gasteiger partial charge in [-0.25, -0.2) is 0 Å². The Morgan fingerprint density at radius 1 is 0.950 bits per heavy atom. The molecular formula is C13H9F3N4. The number of alkyl halides is 3. The average Bonchev–Trinajstić information content (AvgIpc) is 2.82. The van der Waals surface area contributed by atoms with Gasteiger partial charge in [-0.1, -0.05) is 29.8 Å². The molecule has 3 rings (SSSR count). The second-order valence-electron chi connectivity index (χ2n) is 4.38. The summed E-state index contributed by atoms with van der Waals surface area (Å²) in [5.41, 5.74) is 2.30. The molecule has 0 unspecified atom stereocenters. The maximum atomic E-state index is 12.8. The van der Waals surface area contributed by atoms with Gasteiger partial charge in [0.2, 0.25) is 0 Å². The first-order valence-corrected chi connectivity index (χ1v) is 5.82. The van der Waals surface area contributed by atoms with Gasteiger partial charge in [-0.15, -0.1) is 10.2 Å². The maximum absolute atomic E-state index is 12.8. The molecule has 0 aliphatic rings. The molecule has 20 heavy (non-hydrogen) atoms. The molecule has 0 aliphatic heterocycles. The summed E-state index contributed by atoms with van der Waals surface area (Å²) in [6.07, 6.45) is -4.59. The van der Waals surface area contributed by atoms with Crippen LogP contribution in [-0.2, 0) is 6.18 Å². The van der Waals surface area contributed by atoms with E-state index < -0.39 is 12.0 Å². The van der Waals surface area contributed by atoms with Gasteiger partial charge in [-0.3, -0.25) is 0 Å². The third kappa shape index (κ3) is 2.11. The second kappa shape index (κ2) is 4.29. The van der Waals surface area contributed by atoms with Gasteiger partial charge in [0.25, 0.3) is 5.82 Å². The average molecular weight is 278 g/mol. The van der Waals surface area contributed by atoms with Crippen LogP contribution in [0.5, 0.6) is 0 Å². The summed E-state index contributed by atoms with van der Waals surface area (Å²) in [6.45, 7) is 1.93. The molecule has 0 bridgehead atoms. The van der Waals surface area contributed by atoms with Crippen LogP contribution in [0.1, 0.15) is 11.4 Å². The molecule has 0 aliphatic carbocycles. The lowest BCUT2D eigenvalue weighted by atomic mass is 10.1. The van der Waals surface area contributed by atoms with Crippen LogP contribution in [0.15, 0.2) is 36.4 Å². The summed E-state index contributed by atoms with van der Waals surface area (Å²) < 4.78 is 39.0. The minimum absolute atomic E-state index is 0.0631. The predicted octanol–water partition coefficient (Wildman–Crippen LogP) is 3.12. The largest absolute Gasteiger partial charge is 0.453 e. The second-order valence-corrected chi connectivity index (χ2v) is 4.38. The summed E-state index contributed by atoms with van der Waals surface area (Å²) in [4.78, 5) is 0. The zero-order valence-electron chi connectivity index (χ0n) is 10.4. The first-order valence-electron chi connectivity index (χ1n) is 5.82. The molecule has 2 aromatic heterocycles. The van der Waals surface area contributed by atoms with Crippen LogP contribution < -0.4 is 0 Å². The summed E-state index contributed by atoms with van der Waals surface area (Å²) >= 11 is 0. The SMILES string of the molecule is Cc1ccc(-c2ccc3nnc(C(F)(F)F)n3n2)cc1. The fourth-order valence-electron chi connectivity index (χ4n) is 1.84. The number of aryl methyl sites for hydroxylation is 1. The van der Waals surface area contributed by atoms with Gasteiger partial charge in [0.05, 0.1) is 5.69 Å². The first kappa shape index (κ1) is 12.6. The van der Waals surface area contributed by atoms with Crippen LogP contribution >= 0.6 is 0 Å². The smallest absolute Gasteiger partial charge is 0.188 e. The van der Waals surface area contributed by atoms with Gasteiger partial charge < -0.3 is 0 Å². The number of fused-ring (bicyclic) bond motifs is 1. The molecule has 0 fully saturated rings. The van der Waals surface area contributed by atoms with Crippen molar-refractivity contribution < 1.29 is 13.2 Å². The van der Waals surface area contributed by atoms with E-state index in [0.29, 0.717) is 5.69 Å². The minimum atomic E-state index is -4.59. The van der Waals surface area contributed by atoms with Gasteiger partial charge in [0, 0.05) is 5.56 Å². The highest BCUT2D eigenvalue weighted by Gasteiger charge is 2.37. The van der Waals surface area contributed by atoms with E-state index >= 15 is 0 Å². The lowest BCUT2D eigenvalue weighted by Crippen LogP contribution is -2.12. The Balaban J connectivity index is 2.16. The lowest BCUT2D eigenvalue weighted by molar-refractivity contribution is -0.146. The minimum Gasteiger partial charge on any atom is -0.188 e. The molecule has 2 heterocycles. The molecule has 0 radical (unpaired) electrons. The molecule has 7 heteroatoms. The quantitative estimate of drug-likeness (QED) is 0.687. The zero-order valence-corrected chi connectivity index (χ0v) is 10.4. The zero-order chi connectivity index (χ0) is 14.3. The van der Waals surface area contributed by atoms with Crippen LogP contribution in [0.3, 0.4) is 0 Å². The Morgan fingerprint density at radius 3 is 2.30 bits per heavy atom. The van der Waals surface area contributed by atoms with Gasteiger partial charge >= 0.3 is 6.18 Å². The van der Waals surface area contributed by atoms with E-state index in [9.17, 15) is 13.2 Å². The number of halogens is 3. The highest BCUT2D eigenvalue weighted by atomic mass is 19.4. The molecule has 0 saturated carbocycles. The van der Waals surface area contributed by atoms with E-state index in [-0.39, 0.29) is 5.65 Å². The molecule has 0 atom stereocenters. The molecule has 0 N–H and O–H groups in total. The summed E-state index contributed by atoms with van der Waals surface area (Å²) in [6, 6.07) is 10.4. The van der Waals surface area contributed by atoms with Crippen LogP contribution in [0, 0.1) is 6.92 Å². The van der Waals surface area contributed by atoms with Gasteiger partial charge in [-0.05, 0) is 19.1 Å². The molecule has 1 aromatic carbocycles. The van der Waals surface area contributed by atoms with E-state index in [1.54, 1.807) is 18.2 Å². The topological polar surface area (TPSA) is 43.1 Å². The van der Waals surface area contributed by atoms with Gasteiger partial charge in [0.15, 0.2) is 5.65 Å². The number of hydrogen-bond donors (Lipinski definition) is 0. The Bertz CT molecular complexity index is 759. The monoisotopic (exact) mass is 278 g/mol. The van der Waals surface area contributed by atoms with E-state index in [1.807, 2.05) is 19.1 Å². The Hall–Kier alpha value is -2.44. The van der Waals surface area contributed by atoms with Crippen molar-refractivity contribution in [2.45, 2.75) is 13.1 Å². The van der Waals surface area contributed by atoms with Crippen LogP contribution in [0.4, 0.5) is 13.2 Å². The standard InChI is InChI=1S/C13H9F3N4/c1-8-2-4-9(5-3-8)10-6-7-11-17-18-12(13(14,15)16)20(11)19-10/h2-7H,1H3. The van der Waals surface area contributed by atoms with Crippen molar-refractivity contribution >= 4 is 5.65 Å². The number of benzene rings is 1. The van der Waals surface area contributed by atoms with Crippen molar-refractivity contribution in [3.05, 3.63) is 47.8 Å². The maximum Gasteiger partial charge on any atom is 0.453 e. The van der Waals surface area contributed by atoms with Gasteiger partial charge in [0.1, 0.15) is 0 Å². The normalized spacial score (nSPS) is 12.0. The van der Waals surface area contributed by atoms with Crippen molar-refractivity contribution in [1.29, 1.82) is 0 Å². The summed E-state index contributed by atoms with van der Waals surface area (Å²) in [5, 5.41) is 10.6. The van der Waals surface area contributed by atoms with Crippen LogP contribution in [0.25, 0.3) is 16.9 Å². The predicted molar refractivity (Wildman–Crippen MR) is 66.0 cm³/mol. The van der Waals surface area contributed by atoms with Crippen molar-refractivity contribution in [1.82, 2.24) is 19.8 Å². The summed E-state index contributed by atoms with van der Waals surface area (Å²) in [7, 11) is 0. The molecule has 0 amide bonds. The van der Waals surface area contributed by atoms with Crippen LogP contribution in [-0.4, -0.2) is 19.8 Å².